The van der Waals surface area contributed by atoms with Crippen LogP contribution in [-0.2, 0) is 22.4 Å². The number of carbonyl (C=O) groups is 3. The number of carboxylic acid groups (broad SMARTS) is 1. The minimum atomic E-state index is -1.11. The molecule has 0 aromatic heterocycles. The smallest absolute Gasteiger partial charge is 0.326 e. The second-order valence-corrected chi connectivity index (χ2v) is 6.18. The topological polar surface area (TPSA) is 92.7 Å². The van der Waals surface area contributed by atoms with Gasteiger partial charge in [0.2, 0.25) is 0 Å². The van der Waals surface area contributed by atoms with Gasteiger partial charge in [-0.3, -0.25) is 9.59 Å². The molecule has 1 amide bonds. The highest BCUT2D eigenvalue weighted by Gasteiger charge is 2.22. The molecule has 0 radical (unpaired) electrons. The Bertz CT molecular complexity index is 831. The summed E-state index contributed by atoms with van der Waals surface area (Å²) >= 11 is 0. The molecule has 0 aliphatic heterocycles. The molecule has 0 fully saturated rings. The van der Waals surface area contributed by atoms with Gasteiger partial charge >= 0.3 is 5.97 Å². The van der Waals surface area contributed by atoms with Crippen LogP contribution in [0.2, 0.25) is 0 Å². The second-order valence-electron chi connectivity index (χ2n) is 6.18. The Kier molecular flexibility index (Phi) is 5.31. The Hall–Kier alpha value is -3.15. The summed E-state index contributed by atoms with van der Waals surface area (Å²) < 4.78 is 5.42. The van der Waals surface area contributed by atoms with Crippen molar-refractivity contribution in [3.05, 3.63) is 65.2 Å². The second kappa shape index (κ2) is 7.82. The number of hydrogen-bond donors (Lipinski definition) is 2. The summed E-state index contributed by atoms with van der Waals surface area (Å²) in [6, 6.07) is 13.2. The van der Waals surface area contributed by atoms with E-state index in [9.17, 15) is 19.5 Å². The largest absolute Gasteiger partial charge is 0.484 e. The van der Waals surface area contributed by atoms with E-state index in [2.05, 4.69) is 5.32 Å². The van der Waals surface area contributed by atoms with Crippen LogP contribution in [0.3, 0.4) is 0 Å². The molecule has 2 N–H and O–H groups in total. The normalized spacial score (nSPS) is 13.8. The molecule has 2 aromatic carbocycles. The lowest BCUT2D eigenvalue weighted by molar-refractivity contribution is -0.142. The highest BCUT2D eigenvalue weighted by atomic mass is 16.5. The van der Waals surface area contributed by atoms with Crippen LogP contribution in [-0.4, -0.2) is 35.4 Å². The minimum Gasteiger partial charge on any atom is -0.484 e. The Morgan fingerprint density at radius 2 is 1.88 bits per heavy atom. The quantitative estimate of drug-likeness (QED) is 0.794. The van der Waals surface area contributed by atoms with E-state index in [1.807, 2.05) is 24.3 Å². The van der Waals surface area contributed by atoms with Gasteiger partial charge in [-0.05, 0) is 29.7 Å². The zero-order chi connectivity index (χ0) is 18.5. The van der Waals surface area contributed by atoms with Crippen LogP contribution in [0, 0.1) is 0 Å². The number of Topliss-reactive ketones (excluding diaryl/α,β-unsaturated/α-hetero) is 1. The first kappa shape index (κ1) is 17.7. The molecule has 1 atom stereocenters. The number of aryl methyl sites for hydroxylation is 1. The van der Waals surface area contributed by atoms with E-state index in [1.165, 1.54) is 0 Å². The molecule has 0 unspecified atom stereocenters. The van der Waals surface area contributed by atoms with Gasteiger partial charge in [0.05, 0.1) is 0 Å². The maximum atomic E-state index is 12.1. The molecular weight excluding hydrogens is 334 g/mol. The number of carbonyl (C=O) groups excluding carboxylic acids is 2. The minimum absolute atomic E-state index is 0.0729. The van der Waals surface area contributed by atoms with Gasteiger partial charge in [0.1, 0.15) is 11.8 Å². The van der Waals surface area contributed by atoms with Crippen LogP contribution >= 0.6 is 0 Å². The number of amides is 1. The first-order chi connectivity index (χ1) is 12.5. The first-order valence-electron chi connectivity index (χ1n) is 8.38. The van der Waals surface area contributed by atoms with Gasteiger partial charge in [-0.25, -0.2) is 4.79 Å². The van der Waals surface area contributed by atoms with E-state index < -0.39 is 17.9 Å². The number of aliphatic carboxylic acids is 1. The van der Waals surface area contributed by atoms with Gasteiger partial charge in [-0.2, -0.15) is 0 Å². The van der Waals surface area contributed by atoms with Crippen molar-refractivity contribution < 1.29 is 24.2 Å². The summed E-state index contributed by atoms with van der Waals surface area (Å²) in [6.45, 7) is -0.314. The molecule has 0 spiro atoms. The summed E-state index contributed by atoms with van der Waals surface area (Å²) in [4.78, 5) is 35.2. The van der Waals surface area contributed by atoms with E-state index >= 15 is 0 Å². The summed E-state index contributed by atoms with van der Waals surface area (Å²) in [6.07, 6.45) is 1.42. The molecule has 0 bridgehead atoms. The SMILES string of the molecule is O=C(COc1ccc2c(c1)C(=O)CC2)N[C@@H](Cc1ccccc1)C(=O)O. The van der Waals surface area contributed by atoms with Crippen molar-refractivity contribution >= 4 is 17.7 Å². The predicted molar refractivity (Wildman–Crippen MR) is 94.3 cm³/mol. The fourth-order valence-electron chi connectivity index (χ4n) is 2.94. The average Bonchev–Trinajstić information content (AvgIpc) is 3.01. The maximum absolute atomic E-state index is 12.1. The van der Waals surface area contributed by atoms with Gasteiger partial charge in [0.15, 0.2) is 12.4 Å². The van der Waals surface area contributed by atoms with Gasteiger partial charge in [0.25, 0.3) is 5.91 Å². The summed E-state index contributed by atoms with van der Waals surface area (Å²) in [7, 11) is 0. The van der Waals surface area contributed by atoms with Gasteiger partial charge in [0, 0.05) is 18.4 Å². The molecule has 1 aliphatic carbocycles. The van der Waals surface area contributed by atoms with Crippen LogP contribution in [0.25, 0.3) is 0 Å². The third-order valence-corrected chi connectivity index (χ3v) is 4.29. The van der Waals surface area contributed by atoms with E-state index in [-0.39, 0.29) is 18.8 Å². The van der Waals surface area contributed by atoms with Crippen LogP contribution in [0.15, 0.2) is 48.5 Å². The van der Waals surface area contributed by atoms with Gasteiger partial charge < -0.3 is 15.2 Å². The zero-order valence-electron chi connectivity index (χ0n) is 14.1. The lowest BCUT2D eigenvalue weighted by atomic mass is 10.1. The number of hydrogen-bond acceptors (Lipinski definition) is 4. The number of nitrogens with one attached hydrogen (secondary N) is 1. The molecule has 26 heavy (non-hydrogen) atoms. The van der Waals surface area contributed by atoms with Crippen molar-refractivity contribution in [2.24, 2.45) is 0 Å². The van der Waals surface area contributed by atoms with Crippen molar-refractivity contribution in [2.75, 3.05) is 6.61 Å². The summed E-state index contributed by atoms with van der Waals surface area (Å²) in [5, 5.41) is 11.8. The van der Waals surface area contributed by atoms with Crippen molar-refractivity contribution in [2.45, 2.75) is 25.3 Å². The van der Waals surface area contributed by atoms with E-state index in [0.717, 1.165) is 17.5 Å². The third kappa shape index (κ3) is 4.27. The summed E-state index contributed by atoms with van der Waals surface area (Å²) in [5.74, 6) is -1.14. The van der Waals surface area contributed by atoms with Crippen LogP contribution in [0.4, 0.5) is 0 Å². The van der Waals surface area contributed by atoms with Crippen molar-refractivity contribution in [1.29, 1.82) is 0 Å². The van der Waals surface area contributed by atoms with Crippen LogP contribution in [0.5, 0.6) is 5.75 Å². The van der Waals surface area contributed by atoms with E-state index in [1.54, 1.807) is 24.3 Å². The highest BCUT2D eigenvalue weighted by molar-refractivity contribution is 6.00. The van der Waals surface area contributed by atoms with Crippen LogP contribution in [0.1, 0.15) is 27.9 Å². The predicted octanol–water partition coefficient (Wildman–Crippen LogP) is 2.01. The number of carboxylic acids is 1. The van der Waals surface area contributed by atoms with Gasteiger partial charge in [-0.15, -0.1) is 0 Å². The number of benzene rings is 2. The number of rotatable bonds is 7. The fourth-order valence-corrected chi connectivity index (χ4v) is 2.94. The molecule has 3 rings (SSSR count). The number of fused-ring (bicyclic) bond motifs is 1. The van der Waals surface area contributed by atoms with Gasteiger partial charge in [-0.1, -0.05) is 36.4 Å². The lowest BCUT2D eigenvalue weighted by Gasteiger charge is -2.15. The lowest BCUT2D eigenvalue weighted by Crippen LogP contribution is -2.44. The monoisotopic (exact) mass is 353 g/mol. The molecule has 6 nitrogen and oxygen atoms in total. The third-order valence-electron chi connectivity index (χ3n) is 4.29. The molecule has 1 aliphatic rings. The molecular formula is C20H19NO5. The molecule has 134 valence electrons. The van der Waals surface area contributed by atoms with Crippen molar-refractivity contribution in [3.63, 3.8) is 0 Å². The maximum Gasteiger partial charge on any atom is 0.326 e. The molecule has 2 aromatic rings. The van der Waals surface area contributed by atoms with Crippen LogP contribution < -0.4 is 10.1 Å². The Morgan fingerprint density at radius 1 is 1.12 bits per heavy atom. The Morgan fingerprint density at radius 3 is 2.62 bits per heavy atom. The van der Waals surface area contributed by atoms with E-state index in [0.29, 0.717) is 17.7 Å². The standard InChI is InChI=1S/C20H19NO5/c22-18-9-7-14-6-8-15(11-16(14)18)26-12-19(23)21-17(20(24)25)10-13-4-2-1-3-5-13/h1-6,8,11,17H,7,9-10,12H2,(H,21,23)(H,24,25)/t17-/m0/s1. The first-order valence-corrected chi connectivity index (χ1v) is 8.38. The highest BCUT2D eigenvalue weighted by Crippen LogP contribution is 2.26. The molecule has 0 saturated carbocycles. The average molecular weight is 353 g/mol. The fraction of sp³-hybridized carbons (Fsp3) is 0.250. The summed E-state index contributed by atoms with van der Waals surface area (Å²) in [5.41, 5.74) is 2.44. The molecule has 6 heteroatoms. The number of ketones is 1. The zero-order valence-corrected chi connectivity index (χ0v) is 14.1. The Balaban J connectivity index is 1.56. The molecule has 0 saturated heterocycles. The number of ether oxygens (including phenoxy) is 1. The van der Waals surface area contributed by atoms with Crippen molar-refractivity contribution in [1.82, 2.24) is 5.32 Å². The van der Waals surface area contributed by atoms with E-state index in [4.69, 9.17) is 4.74 Å². The Labute approximate surface area is 150 Å². The molecule has 0 heterocycles. The van der Waals surface area contributed by atoms with Crippen molar-refractivity contribution in [3.8, 4) is 5.75 Å².